The Balaban J connectivity index is 2.28. The molecule has 0 aliphatic carbocycles. The summed E-state index contributed by atoms with van der Waals surface area (Å²) in [6.45, 7) is 2.73. The van der Waals surface area contributed by atoms with Crippen LogP contribution in [0.4, 0.5) is 32.2 Å². The number of nitrogen functional groups attached to an aromatic ring is 1. The highest BCUT2D eigenvalue weighted by Crippen LogP contribution is 2.45. The third-order valence-electron chi connectivity index (χ3n) is 5.61. The van der Waals surface area contributed by atoms with Crippen molar-refractivity contribution in [2.45, 2.75) is 38.7 Å². The van der Waals surface area contributed by atoms with Gasteiger partial charge in [-0.2, -0.15) is 26.3 Å². The van der Waals surface area contributed by atoms with Crippen molar-refractivity contribution in [3.05, 3.63) is 47.4 Å². The van der Waals surface area contributed by atoms with Crippen LogP contribution < -0.4 is 16.4 Å². The predicted octanol–water partition coefficient (Wildman–Crippen LogP) is 3.04. The molecule has 3 aromatic rings. The Hall–Kier alpha value is -4.37. The maximum Gasteiger partial charge on any atom is 0.490 e. The standard InChI is InChI=1S/C23H22F6N6O4/c1-4-31-19(37)15-9-35-16(8-32-18(35)17(30)34-15)14-7-13(6-5-11(14)2)21(23(27,28)29,10-33-12(3)36)39-20(38)22(24,25)26/h5-9H,4,10H2,1-3H3,(H2,30,34)(H,31,37)(H,33,36). The van der Waals surface area contributed by atoms with Crippen LogP contribution in [0.5, 0.6) is 0 Å². The number of imidazole rings is 1. The Bertz CT molecular complexity index is 1430. The van der Waals surface area contributed by atoms with Gasteiger partial charge in [-0.1, -0.05) is 12.1 Å². The number of carbonyl (C=O) groups is 3. The molecule has 3 rings (SSSR count). The summed E-state index contributed by atoms with van der Waals surface area (Å²) in [5.74, 6) is -4.89. The molecule has 2 amide bonds. The van der Waals surface area contributed by atoms with E-state index in [0.29, 0.717) is 5.56 Å². The summed E-state index contributed by atoms with van der Waals surface area (Å²) in [5, 5.41) is 4.32. The van der Waals surface area contributed by atoms with Gasteiger partial charge in [0.25, 0.3) is 5.91 Å². The molecule has 1 unspecified atom stereocenters. The van der Waals surface area contributed by atoms with Crippen LogP contribution >= 0.6 is 0 Å². The van der Waals surface area contributed by atoms with E-state index in [9.17, 15) is 40.7 Å². The van der Waals surface area contributed by atoms with Gasteiger partial charge in [-0.3, -0.25) is 14.0 Å². The van der Waals surface area contributed by atoms with E-state index in [2.05, 4.69) is 20.0 Å². The van der Waals surface area contributed by atoms with Gasteiger partial charge >= 0.3 is 18.3 Å². The van der Waals surface area contributed by atoms with E-state index >= 15 is 0 Å². The molecule has 2 heterocycles. The first-order valence-electron chi connectivity index (χ1n) is 11.2. The molecule has 0 radical (unpaired) electrons. The SMILES string of the molecule is CCNC(=O)c1cn2c(-c3cc(C(CNC(C)=O)(OC(=O)C(F)(F)F)C(F)(F)F)ccc3C)cnc2c(N)n1. The van der Waals surface area contributed by atoms with E-state index in [1.54, 1.807) is 12.2 Å². The second-order valence-electron chi connectivity index (χ2n) is 8.36. The highest BCUT2D eigenvalue weighted by atomic mass is 19.4. The lowest BCUT2D eigenvalue weighted by Crippen LogP contribution is -2.55. The number of hydrogen-bond acceptors (Lipinski definition) is 7. The monoisotopic (exact) mass is 560 g/mol. The molecule has 2 aromatic heterocycles. The minimum Gasteiger partial charge on any atom is -0.436 e. The van der Waals surface area contributed by atoms with Crippen LogP contribution in [-0.2, 0) is 19.9 Å². The van der Waals surface area contributed by atoms with Gasteiger partial charge in [-0.05, 0) is 25.5 Å². The van der Waals surface area contributed by atoms with Gasteiger partial charge in [-0.15, -0.1) is 0 Å². The molecule has 1 atom stereocenters. The first-order valence-corrected chi connectivity index (χ1v) is 11.2. The van der Waals surface area contributed by atoms with Gasteiger partial charge < -0.3 is 21.1 Å². The van der Waals surface area contributed by atoms with Crippen molar-refractivity contribution >= 4 is 29.2 Å². The zero-order valence-corrected chi connectivity index (χ0v) is 20.6. The summed E-state index contributed by atoms with van der Waals surface area (Å²) in [4.78, 5) is 43.5. The highest BCUT2D eigenvalue weighted by molar-refractivity contribution is 5.93. The fourth-order valence-corrected chi connectivity index (χ4v) is 3.70. The average Bonchev–Trinajstić information content (AvgIpc) is 3.25. The highest BCUT2D eigenvalue weighted by Gasteiger charge is 2.62. The van der Waals surface area contributed by atoms with Crippen molar-refractivity contribution in [2.75, 3.05) is 18.8 Å². The number of amides is 2. The molecule has 0 fully saturated rings. The van der Waals surface area contributed by atoms with Gasteiger partial charge in [-0.25, -0.2) is 14.8 Å². The van der Waals surface area contributed by atoms with E-state index in [4.69, 9.17) is 5.73 Å². The molecule has 0 aliphatic heterocycles. The number of halogens is 6. The normalized spacial score (nSPS) is 13.6. The lowest BCUT2D eigenvalue weighted by molar-refractivity contribution is -0.288. The van der Waals surface area contributed by atoms with E-state index in [-0.39, 0.29) is 35.0 Å². The molecule has 39 heavy (non-hydrogen) atoms. The fraction of sp³-hybridized carbons (Fsp3) is 0.348. The van der Waals surface area contributed by atoms with Crippen LogP contribution in [-0.4, -0.2) is 57.6 Å². The van der Waals surface area contributed by atoms with Crippen LogP contribution in [0.1, 0.15) is 35.5 Å². The smallest absolute Gasteiger partial charge is 0.436 e. The minimum atomic E-state index is -5.76. The Morgan fingerprint density at radius 3 is 2.33 bits per heavy atom. The molecule has 10 nitrogen and oxygen atoms in total. The maximum atomic E-state index is 14.5. The molecule has 210 valence electrons. The van der Waals surface area contributed by atoms with E-state index in [1.807, 2.05) is 0 Å². The number of ether oxygens (including phenoxy) is 1. The van der Waals surface area contributed by atoms with Gasteiger partial charge in [0.1, 0.15) is 5.69 Å². The Kier molecular flexibility index (Phi) is 7.80. The number of carbonyl (C=O) groups excluding carboxylic acids is 3. The molecule has 0 aliphatic rings. The van der Waals surface area contributed by atoms with Crippen molar-refractivity contribution in [2.24, 2.45) is 0 Å². The molecule has 0 bridgehead atoms. The van der Waals surface area contributed by atoms with Crippen molar-refractivity contribution in [3.8, 4) is 11.3 Å². The van der Waals surface area contributed by atoms with E-state index < -0.39 is 47.8 Å². The summed E-state index contributed by atoms with van der Waals surface area (Å²) < 4.78 is 87.9. The summed E-state index contributed by atoms with van der Waals surface area (Å²) in [5.41, 5.74) is 1.46. The second-order valence-corrected chi connectivity index (χ2v) is 8.36. The number of aromatic nitrogens is 3. The number of anilines is 1. The Morgan fingerprint density at radius 1 is 1.10 bits per heavy atom. The van der Waals surface area contributed by atoms with Crippen LogP contribution in [0.2, 0.25) is 0 Å². The first-order chi connectivity index (χ1) is 18.0. The Morgan fingerprint density at radius 2 is 1.77 bits per heavy atom. The van der Waals surface area contributed by atoms with Crippen LogP contribution in [0.3, 0.4) is 0 Å². The first kappa shape index (κ1) is 29.2. The fourth-order valence-electron chi connectivity index (χ4n) is 3.70. The van der Waals surface area contributed by atoms with Crippen molar-refractivity contribution in [3.63, 3.8) is 0 Å². The van der Waals surface area contributed by atoms with Crippen molar-refractivity contribution in [1.29, 1.82) is 0 Å². The number of aryl methyl sites for hydroxylation is 1. The number of nitrogens with two attached hydrogens (primary N) is 1. The molecule has 16 heteroatoms. The average molecular weight is 560 g/mol. The van der Waals surface area contributed by atoms with Crippen LogP contribution in [0, 0.1) is 6.92 Å². The quantitative estimate of drug-likeness (QED) is 0.298. The number of esters is 1. The lowest BCUT2D eigenvalue weighted by Gasteiger charge is -2.36. The summed E-state index contributed by atoms with van der Waals surface area (Å²) in [6.07, 6.45) is -8.92. The molecule has 1 aromatic carbocycles. The van der Waals surface area contributed by atoms with Gasteiger partial charge in [0, 0.05) is 30.8 Å². The third-order valence-corrected chi connectivity index (χ3v) is 5.61. The minimum absolute atomic E-state index is 0.0203. The molecule has 0 spiro atoms. The molecule has 0 saturated heterocycles. The summed E-state index contributed by atoms with van der Waals surface area (Å²) in [6, 6.07) is 2.85. The molecular weight excluding hydrogens is 538 g/mol. The predicted molar refractivity (Wildman–Crippen MR) is 124 cm³/mol. The van der Waals surface area contributed by atoms with Gasteiger partial charge in [0.05, 0.1) is 18.4 Å². The number of alkyl halides is 6. The maximum absolute atomic E-state index is 14.5. The number of rotatable bonds is 7. The van der Waals surface area contributed by atoms with Gasteiger partial charge in [0.15, 0.2) is 11.5 Å². The third kappa shape index (κ3) is 5.73. The van der Waals surface area contributed by atoms with Crippen molar-refractivity contribution in [1.82, 2.24) is 25.0 Å². The zero-order chi connectivity index (χ0) is 29.3. The number of hydrogen-bond donors (Lipinski definition) is 3. The topological polar surface area (TPSA) is 141 Å². The zero-order valence-electron chi connectivity index (χ0n) is 20.6. The number of benzene rings is 1. The largest absolute Gasteiger partial charge is 0.490 e. The number of nitrogens with zero attached hydrogens (tertiary/aromatic N) is 3. The second kappa shape index (κ2) is 10.4. The number of fused-ring (bicyclic) bond motifs is 1. The lowest BCUT2D eigenvalue weighted by atomic mass is 9.89. The van der Waals surface area contributed by atoms with E-state index in [0.717, 1.165) is 25.1 Å². The molecule has 0 saturated carbocycles. The molecule has 4 N–H and O–H groups in total. The summed E-state index contributed by atoms with van der Waals surface area (Å²) >= 11 is 0. The summed E-state index contributed by atoms with van der Waals surface area (Å²) in [7, 11) is 0. The van der Waals surface area contributed by atoms with E-state index in [1.165, 1.54) is 23.7 Å². The molecular formula is C23H22F6N6O4. The van der Waals surface area contributed by atoms with Gasteiger partial charge in [0.2, 0.25) is 11.5 Å². The Labute approximate surface area is 216 Å². The van der Waals surface area contributed by atoms with Crippen LogP contribution in [0.15, 0.2) is 30.6 Å². The van der Waals surface area contributed by atoms with Crippen molar-refractivity contribution < 1.29 is 45.5 Å². The van der Waals surface area contributed by atoms with Crippen LogP contribution in [0.25, 0.3) is 16.9 Å². The number of nitrogens with one attached hydrogen (secondary N) is 2.